The second-order valence-corrected chi connectivity index (χ2v) is 5.55. The van der Waals surface area contributed by atoms with Crippen LogP contribution in [0.1, 0.15) is 21.5 Å². The van der Waals surface area contributed by atoms with Crippen LogP contribution in [0.3, 0.4) is 0 Å². The number of nitrogens with one attached hydrogen (secondary N) is 2. The van der Waals surface area contributed by atoms with Gasteiger partial charge in [-0.2, -0.15) is 0 Å². The van der Waals surface area contributed by atoms with Crippen molar-refractivity contribution in [1.29, 1.82) is 0 Å². The highest BCUT2D eigenvalue weighted by Gasteiger charge is 2.13. The number of benzene rings is 2. The highest BCUT2D eigenvalue weighted by atomic mass is 16.5. The first kappa shape index (κ1) is 18.3. The van der Waals surface area contributed by atoms with Crippen molar-refractivity contribution < 1.29 is 19.1 Å². The summed E-state index contributed by atoms with van der Waals surface area (Å²) in [5, 5.41) is 5.27. The third-order valence-corrected chi connectivity index (χ3v) is 3.72. The van der Waals surface area contributed by atoms with Gasteiger partial charge in [0.05, 0.1) is 12.8 Å². The third-order valence-electron chi connectivity index (χ3n) is 3.72. The molecule has 2 aromatic carbocycles. The predicted molar refractivity (Wildman–Crippen MR) is 96.4 cm³/mol. The number of ether oxygens (including phenoxy) is 2. The van der Waals surface area contributed by atoms with Gasteiger partial charge in [0.25, 0.3) is 11.8 Å². The van der Waals surface area contributed by atoms with Gasteiger partial charge in [-0.15, -0.1) is 0 Å². The summed E-state index contributed by atoms with van der Waals surface area (Å²) >= 11 is 0. The summed E-state index contributed by atoms with van der Waals surface area (Å²) in [6.45, 7) is 3.74. The Bertz CT molecular complexity index is 767. The van der Waals surface area contributed by atoms with E-state index in [-0.39, 0.29) is 18.4 Å². The fourth-order valence-corrected chi connectivity index (χ4v) is 2.43. The van der Waals surface area contributed by atoms with Crippen molar-refractivity contribution in [3.05, 3.63) is 53.1 Å². The average molecular weight is 342 g/mol. The number of methoxy groups -OCH3 is 1. The Morgan fingerprint density at radius 1 is 1.08 bits per heavy atom. The van der Waals surface area contributed by atoms with E-state index in [1.807, 2.05) is 32.0 Å². The van der Waals surface area contributed by atoms with Crippen LogP contribution < -0.4 is 20.1 Å². The molecule has 0 aliphatic rings. The minimum Gasteiger partial charge on any atom is -0.495 e. The maximum Gasteiger partial charge on any atom is 0.262 e. The Hall–Kier alpha value is -3.02. The van der Waals surface area contributed by atoms with Crippen molar-refractivity contribution >= 4 is 17.5 Å². The molecule has 6 heteroatoms. The highest BCUT2D eigenvalue weighted by molar-refractivity contribution is 5.97. The molecule has 0 heterocycles. The molecule has 132 valence electrons. The van der Waals surface area contributed by atoms with E-state index < -0.39 is 0 Å². The lowest BCUT2D eigenvalue weighted by molar-refractivity contribution is -0.118. The third kappa shape index (κ3) is 4.50. The first-order valence-electron chi connectivity index (χ1n) is 7.85. The van der Waals surface area contributed by atoms with E-state index >= 15 is 0 Å². The van der Waals surface area contributed by atoms with E-state index in [4.69, 9.17) is 9.47 Å². The number of anilines is 1. The van der Waals surface area contributed by atoms with Gasteiger partial charge in [0.1, 0.15) is 11.5 Å². The van der Waals surface area contributed by atoms with Crippen molar-refractivity contribution in [2.45, 2.75) is 13.8 Å². The topological polar surface area (TPSA) is 76.7 Å². The molecule has 0 saturated heterocycles. The van der Waals surface area contributed by atoms with Crippen molar-refractivity contribution in [3.63, 3.8) is 0 Å². The van der Waals surface area contributed by atoms with Gasteiger partial charge in [-0.3, -0.25) is 9.59 Å². The first-order chi connectivity index (χ1) is 12.0. The first-order valence-corrected chi connectivity index (χ1v) is 7.85. The van der Waals surface area contributed by atoms with Crippen LogP contribution in [-0.2, 0) is 4.79 Å². The Morgan fingerprint density at radius 2 is 1.76 bits per heavy atom. The predicted octanol–water partition coefficient (Wildman–Crippen LogP) is 2.69. The van der Waals surface area contributed by atoms with Crippen molar-refractivity contribution in [3.8, 4) is 11.5 Å². The van der Waals surface area contributed by atoms with Crippen LogP contribution in [0.5, 0.6) is 11.5 Å². The van der Waals surface area contributed by atoms with Gasteiger partial charge in [0.15, 0.2) is 6.61 Å². The zero-order valence-electron chi connectivity index (χ0n) is 14.8. The molecule has 2 amide bonds. The molecule has 2 aromatic rings. The molecule has 2 rings (SSSR count). The van der Waals surface area contributed by atoms with Crippen LogP contribution in [0.15, 0.2) is 36.4 Å². The standard InChI is InChI=1S/C19H22N2O4/c1-12-6-5-7-13(2)18(12)25-11-17(22)21-15-9-8-14(19(23)20-3)10-16(15)24-4/h5-10H,11H2,1-4H3,(H,20,23)(H,21,22). The summed E-state index contributed by atoms with van der Waals surface area (Å²) in [6.07, 6.45) is 0. The quantitative estimate of drug-likeness (QED) is 0.846. The summed E-state index contributed by atoms with van der Waals surface area (Å²) < 4.78 is 10.9. The Balaban J connectivity index is 2.06. The number of rotatable bonds is 6. The van der Waals surface area contributed by atoms with Gasteiger partial charge >= 0.3 is 0 Å². The zero-order valence-corrected chi connectivity index (χ0v) is 14.8. The normalized spacial score (nSPS) is 10.1. The Morgan fingerprint density at radius 3 is 2.36 bits per heavy atom. The summed E-state index contributed by atoms with van der Waals surface area (Å²) in [5.74, 6) is 0.573. The van der Waals surface area contributed by atoms with Crippen LogP contribution in [-0.4, -0.2) is 32.6 Å². The number of aryl methyl sites for hydroxylation is 2. The Labute approximate surface area is 147 Å². The molecule has 0 atom stereocenters. The summed E-state index contributed by atoms with van der Waals surface area (Å²) in [7, 11) is 3.03. The van der Waals surface area contributed by atoms with Crippen LogP contribution in [0.4, 0.5) is 5.69 Å². The molecule has 0 saturated carbocycles. The lowest BCUT2D eigenvalue weighted by atomic mass is 10.1. The SMILES string of the molecule is CNC(=O)c1ccc(NC(=O)COc2c(C)cccc2C)c(OC)c1. The molecular formula is C19H22N2O4. The highest BCUT2D eigenvalue weighted by Crippen LogP contribution is 2.26. The van der Waals surface area contributed by atoms with Crippen molar-refractivity contribution in [2.75, 3.05) is 26.1 Å². The molecule has 6 nitrogen and oxygen atoms in total. The van der Waals surface area contributed by atoms with E-state index in [2.05, 4.69) is 10.6 Å². The number of carbonyl (C=O) groups excluding carboxylic acids is 2. The van der Waals surface area contributed by atoms with E-state index in [0.29, 0.717) is 22.7 Å². The van der Waals surface area contributed by atoms with Gasteiger partial charge in [-0.1, -0.05) is 18.2 Å². The van der Waals surface area contributed by atoms with Crippen LogP contribution in [0, 0.1) is 13.8 Å². The van der Waals surface area contributed by atoms with E-state index in [0.717, 1.165) is 11.1 Å². The number of amides is 2. The number of para-hydroxylation sites is 1. The van der Waals surface area contributed by atoms with Crippen molar-refractivity contribution in [2.24, 2.45) is 0 Å². The van der Waals surface area contributed by atoms with Crippen LogP contribution in [0.2, 0.25) is 0 Å². The average Bonchev–Trinajstić information content (AvgIpc) is 2.61. The lowest BCUT2D eigenvalue weighted by Crippen LogP contribution is -2.21. The number of hydrogen-bond acceptors (Lipinski definition) is 4. The second-order valence-electron chi connectivity index (χ2n) is 5.55. The molecule has 0 aliphatic carbocycles. The molecule has 0 aromatic heterocycles. The Kier molecular flexibility index (Phi) is 6.00. The van der Waals surface area contributed by atoms with Gasteiger partial charge < -0.3 is 20.1 Å². The molecule has 25 heavy (non-hydrogen) atoms. The van der Waals surface area contributed by atoms with Crippen LogP contribution in [0.25, 0.3) is 0 Å². The van der Waals surface area contributed by atoms with Gasteiger partial charge in [0, 0.05) is 12.6 Å². The van der Waals surface area contributed by atoms with E-state index in [1.54, 1.807) is 25.2 Å². The number of carbonyl (C=O) groups is 2. The molecule has 0 radical (unpaired) electrons. The fraction of sp³-hybridized carbons (Fsp3) is 0.263. The van der Waals surface area contributed by atoms with Crippen molar-refractivity contribution in [1.82, 2.24) is 5.32 Å². The van der Waals surface area contributed by atoms with E-state index in [1.165, 1.54) is 7.11 Å². The minimum absolute atomic E-state index is 0.119. The number of hydrogen-bond donors (Lipinski definition) is 2. The molecule has 0 unspecified atom stereocenters. The largest absolute Gasteiger partial charge is 0.495 e. The molecule has 0 fully saturated rings. The zero-order chi connectivity index (χ0) is 18.4. The van der Waals surface area contributed by atoms with Gasteiger partial charge in [-0.05, 0) is 43.2 Å². The summed E-state index contributed by atoms with van der Waals surface area (Å²) in [6, 6.07) is 10.6. The maximum absolute atomic E-state index is 12.2. The van der Waals surface area contributed by atoms with Gasteiger partial charge in [-0.25, -0.2) is 0 Å². The van der Waals surface area contributed by atoms with E-state index in [9.17, 15) is 9.59 Å². The molecule has 2 N–H and O–H groups in total. The second kappa shape index (κ2) is 8.19. The minimum atomic E-state index is -0.311. The molecular weight excluding hydrogens is 320 g/mol. The lowest BCUT2D eigenvalue weighted by Gasteiger charge is -2.14. The maximum atomic E-state index is 12.2. The fourth-order valence-electron chi connectivity index (χ4n) is 2.43. The molecule has 0 bridgehead atoms. The molecule has 0 spiro atoms. The van der Waals surface area contributed by atoms with Crippen LogP contribution >= 0.6 is 0 Å². The van der Waals surface area contributed by atoms with Gasteiger partial charge in [0.2, 0.25) is 0 Å². The molecule has 0 aliphatic heterocycles. The monoisotopic (exact) mass is 342 g/mol. The summed E-state index contributed by atoms with van der Waals surface area (Å²) in [5.41, 5.74) is 2.87. The summed E-state index contributed by atoms with van der Waals surface area (Å²) in [4.78, 5) is 23.8. The smallest absolute Gasteiger partial charge is 0.262 e.